The van der Waals surface area contributed by atoms with Crippen LogP contribution in [0.5, 0.6) is 0 Å². The zero-order chi connectivity index (χ0) is 13.6. The third-order valence-electron chi connectivity index (χ3n) is 3.34. The molecule has 1 aliphatic heterocycles. The molecule has 19 heavy (non-hydrogen) atoms. The summed E-state index contributed by atoms with van der Waals surface area (Å²) >= 11 is 0. The number of aromatic nitrogens is 3. The van der Waals surface area contributed by atoms with E-state index >= 15 is 0 Å². The van der Waals surface area contributed by atoms with Crippen molar-refractivity contribution in [3.8, 4) is 0 Å². The van der Waals surface area contributed by atoms with Gasteiger partial charge in [-0.3, -0.25) is 0 Å². The smallest absolute Gasteiger partial charge is 0.151 e. The highest BCUT2D eigenvalue weighted by Gasteiger charge is 2.44. The molecule has 0 radical (unpaired) electrons. The highest BCUT2D eigenvalue weighted by Crippen LogP contribution is 2.34. The first kappa shape index (κ1) is 12.3. The molecule has 0 saturated carbocycles. The summed E-state index contributed by atoms with van der Waals surface area (Å²) in [5.41, 5.74) is 6.86. The summed E-state index contributed by atoms with van der Waals surface area (Å²) in [4.78, 5) is 3.87. The molecule has 0 unspecified atom stereocenters. The monoisotopic (exact) mass is 266 g/mol. The Morgan fingerprint density at radius 3 is 2.79 bits per heavy atom. The van der Waals surface area contributed by atoms with Gasteiger partial charge in [-0.05, 0) is 12.1 Å². The topological polar surface area (TPSA) is 126 Å². The van der Waals surface area contributed by atoms with E-state index in [9.17, 15) is 10.2 Å². The van der Waals surface area contributed by atoms with E-state index in [0.29, 0.717) is 17.0 Å². The Balaban J connectivity index is 2.04. The SMILES string of the molecule is Nc1ncnn2c([C@@H]3O[C@H](CO)[C@H](O)[C@H]3O)ccc12. The van der Waals surface area contributed by atoms with E-state index < -0.39 is 24.4 Å². The Labute approximate surface area is 108 Å². The van der Waals surface area contributed by atoms with E-state index in [2.05, 4.69) is 10.1 Å². The normalized spacial score (nSPS) is 31.1. The number of nitrogens with zero attached hydrogens (tertiary/aromatic N) is 3. The van der Waals surface area contributed by atoms with E-state index in [-0.39, 0.29) is 6.61 Å². The highest BCUT2D eigenvalue weighted by atomic mass is 16.6. The molecule has 1 fully saturated rings. The van der Waals surface area contributed by atoms with Crippen molar-refractivity contribution in [2.45, 2.75) is 24.4 Å². The molecule has 0 aromatic carbocycles. The van der Waals surface area contributed by atoms with Gasteiger partial charge in [0.2, 0.25) is 0 Å². The summed E-state index contributed by atoms with van der Waals surface area (Å²) in [6.45, 7) is -0.366. The van der Waals surface area contributed by atoms with Crippen molar-refractivity contribution < 1.29 is 20.1 Å². The fourth-order valence-corrected chi connectivity index (χ4v) is 2.33. The molecule has 8 nitrogen and oxygen atoms in total. The number of nitrogens with two attached hydrogens (primary N) is 1. The molecule has 2 aromatic heterocycles. The first-order chi connectivity index (χ1) is 9.13. The Hall–Kier alpha value is -1.74. The lowest BCUT2D eigenvalue weighted by Crippen LogP contribution is -2.32. The molecular weight excluding hydrogens is 252 g/mol. The Morgan fingerprint density at radius 1 is 1.32 bits per heavy atom. The molecule has 0 spiro atoms. The van der Waals surface area contributed by atoms with Crippen LogP contribution in [0.4, 0.5) is 5.82 Å². The maximum Gasteiger partial charge on any atom is 0.151 e. The average molecular weight is 266 g/mol. The van der Waals surface area contributed by atoms with Crippen molar-refractivity contribution in [2.24, 2.45) is 0 Å². The molecular formula is C11H14N4O4. The van der Waals surface area contributed by atoms with Gasteiger partial charge < -0.3 is 25.8 Å². The average Bonchev–Trinajstić information content (AvgIpc) is 2.94. The van der Waals surface area contributed by atoms with Gasteiger partial charge in [0.05, 0.1) is 12.3 Å². The number of aliphatic hydroxyl groups excluding tert-OH is 3. The zero-order valence-electron chi connectivity index (χ0n) is 9.92. The van der Waals surface area contributed by atoms with Gasteiger partial charge in [0.1, 0.15) is 36.3 Å². The Kier molecular flexibility index (Phi) is 2.86. The summed E-state index contributed by atoms with van der Waals surface area (Å²) < 4.78 is 6.96. The lowest BCUT2D eigenvalue weighted by Gasteiger charge is -2.14. The summed E-state index contributed by atoms with van der Waals surface area (Å²) in [7, 11) is 0. The quantitative estimate of drug-likeness (QED) is 0.519. The van der Waals surface area contributed by atoms with Gasteiger partial charge in [-0.1, -0.05) is 0 Å². The van der Waals surface area contributed by atoms with Gasteiger partial charge in [-0.15, -0.1) is 0 Å². The van der Waals surface area contributed by atoms with Crippen LogP contribution in [0, 0.1) is 0 Å². The van der Waals surface area contributed by atoms with Crippen molar-refractivity contribution in [3.63, 3.8) is 0 Å². The van der Waals surface area contributed by atoms with E-state index in [4.69, 9.17) is 15.6 Å². The number of ether oxygens (including phenoxy) is 1. The molecule has 3 heterocycles. The van der Waals surface area contributed by atoms with Crippen LogP contribution in [0.2, 0.25) is 0 Å². The predicted molar refractivity (Wildman–Crippen MR) is 64.1 cm³/mol. The molecule has 8 heteroatoms. The minimum Gasteiger partial charge on any atom is -0.394 e. The maximum atomic E-state index is 9.99. The molecule has 5 N–H and O–H groups in total. The fourth-order valence-electron chi connectivity index (χ4n) is 2.33. The number of fused-ring (bicyclic) bond motifs is 1. The second-order valence-corrected chi connectivity index (χ2v) is 4.46. The van der Waals surface area contributed by atoms with Crippen LogP contribution in [0.25, 0.3) is 5.52 Å². The number of rotatable bonds is 2. The Bertz CT molecular complexity index is 601. The molecule has 0 aliphatic carbocycles. The van der Waals surface area contributed by atoms with Crippen molar-refractivity contribution >= 4 is 11.3 Å². The minimum absolute atomic E-state index is 0.313. The van der Waals surface area contributed by atoms with Crippen LogP contribution in [0.15, 0.2) is 18.5 Å². The van der Waals surface area contributed by atoms with E-state index in [0.717, 1.165) is 0 Å². The van der Waals surface area contributed by atoms with Gasteiger partial charge in [0.25, 0.3) is 0 Å². The van der Waals surface area contributed by atoms with Crippen LogP contribution in [-0.4, -0.2) is 54.8 Å². The first-order valence-electron chi connectivity index (χ1n) is 5.84. The number of nitrogen functional groups attached to an aromatic ring is 1. The highest BCUT2D eigenvalue weighted by molar-refractivity contribution is 5.65. The molecule has 102 valence electrons. The molecule has 1 aliphatic rings. The number of anilines is 1. The van der Waals surface area contributed by atoms with E-state index in [1.165, 1.54) is 10.8 Å². The second-order valence-electron chi connectivity index (χ2n) is 4.46. The van der Waals surface area contributed by atoms with Crippen molar-refractivity contribution in [2.75, 3.05) is 12.3 Å². The van der Waals surface area contributed by atoms with Crippen molar-refractivity contribution in [3.05, 3.63) is 24.2 Å². The first-order valence-corrected chi connectivity index (χ1v) is 5.84. The second kappa shape index (κ2) is 4.42. The molecule has 0 amide bonds. The number of aliphatic hydroxyl groups is 3. The lowest BCUT2D eigenvalue weighted by molar-refractivity contribution is -0.0244. The van der Waals surface area contributed by atoms with Crippen LogP contribution >= 0.6 is 0 Å². The third kappa shape index (κ3) is 1.77. The van der Waals surface area contributed by atoms with Crippen LogP contribution < -0.4 is 5.73 Å². The van der Waals surface area contributed by atoms with Gasteiger partial charge >= 0.3 is 0 Å². The fraction of sp³-hybridized carbons (Fsp3) is 0.455. The van der Waals surface area contributed by atoms with Crippen LogP contribution in [0.1, 0.15) is 11.8 Å². The molecule has 0 bridgehead atoms. The minimum atomic E-state index is -1.14. The summed E-state index contributed by atoms with van der Waals surface area (Å²) in [6.07, 6.45) is -2.56. The standard InChI is InChI=1S/C11H14N4O4/c12-11-6-2-1-5(15(6)14-4-13-11)10-9(18)8(17)7(3-16)19-10/h1-2,4,7-10,16-18H,3H2,(H2,12,13,14)/t7-,8+,9-,10+/m1/s1. The van der Waals surface area contributed by atoms with Gasteiger partial charge in [-0.25, -0.2) is 9.50 Å². The summed E-state index contributed by atoms with van der Waals surface area (Å²) in [6, 6.07) is 3.40. The van der Waals surface area contributed by atoms with Crippen molar-refractivity contribution in [1.29, 1.82) is 0 Å². The van der Waals surface area contributed by atoms with Crippen LogP contribution in [0.3, 0.4) is 0 Å². The van der Waals surface area contributed by atoms with Crippen molar-refractivity contribution in [1.82, 2.24) is 14.6 Å². The predicted octanol–water partition coefficient (Wildman–Crippen LogP) is -1.53. The van der Waals surface area contributed by atoms with E-state index in [1.54, 1.807) is 12.1 Å². The lowest BCUT2D eigenvalue weighted by atomic mass is 10.1. The largest absolute Gasteiger partial charge is 0.394 e. The summed E-state index contributed by atoms with van der Waals surface area (Å²) in [5, 5.41) is 32.9. The zero-order valence-corrected chi connectivity index (χ0v) is 9.92. The number of hydrogen-bond acceptors (Lipinski definition) is 7. The van der Waals surface area contributed by atoms with Gasteiger partial charge in [0.15, 0.2) is 5.82 Å². The third-order valence-corrected chi connectivity index (χ3v) is 3.34. The van der Waals surface area contributed by atoms with Crippen LogP contribution in [-0.2, 0) is 4.74 Å². The molecule has 4 atom stereocenters. The maximum absolute atomic E-state index is 9.99. The number of hydrogen-bond donors (Lipinski definition) is 4. The molecule has 3 rings (SSSR count). The van der Waals surface area contributed by atoms with Gasteiger partial charge in [-0.2, -0.15) is 5.10 Å². The Morgan fingerprint density at radius 2 is 2.11 bits per heavy atom. The molecule has 2 aromatic rings. The van der Waals surface area contributed by atoms with E-state index in [1.807, 2.05) is 0 Å². The molecule has 1 saturated heterocycles. The van der Waals surface area contributed by atoms with Gasteiger partial charge in [0, 0.05) is 0 Å². The summed E-state index contributed by atoms with van der Waals surface area (Å²) in [5.74, 6) is 0.313.